The van der Waals surface area contributed by atoms with Crippen molar-refractivity contribution in [1.29, 1.82) is 0 Å². The van der Waals surface area contributed by atoms with Gasteiger partial charge in [0.25, 0.3) is 0 Å². The molecule has 0 spiro atoms. The van der Waals surface area contributed by atoms with Gasteiger partial charge in [-0.15, -0.1) is 0 Å². The van der Waals surface area contributed by atoms with Crippen LogP contribution in [0.15, 0.2) is 23.3 Å². The minimum atomic E-state index is -0.647. The molecule has 2 heteroatoms. The average molecular weight is 306 g/mol. The van der Waals surface area contributed by atoms with E-state index in [0.29, 0.717) is 6.42 Å². The SMILES string of the molecule is C/C1=C\C[C@@]2(C)CC[C@@](O)(C(C)C)[C@@H]2C[C@H](O)/C(C)=C/CC1. The molecule has 0 unspecified atom stereocenters. The molecule has 0 aromatic rings. The molecule has 2 rings (SSSR count). The van der Waals surface area contributed by atoms with E-state index in [2.05, 4.69) is 39.8 Å². The molecule has 0 bridgehead atoms. The maximum absolute atomic E-state index is 11.3. The van der Waals surface area contributed by atoms with Crippen LogP contribution in [-0.2, 0) is 0 Å². The second-order valence-electron chi connectivity index (χ2n) is 8.35. The summed E-state index contributed by atoms with van der Waals surface area (Å²) in [6.45, 7) is 10.8. The van der Waals surface area contributed by atoms with Crippen molar-refractivity contribution in [3.05, 3.63) is 23.3 Å². The first-order valence-electron chi connectivity index (χ1n) is 8.92. The minimum absolute atomic E-state index is 0.0892. The molecule has 0 aromatic heterocycles. The standard InChI is InChI=1S/C20H34O2/c1-14(2)20(22)12-11-19(5)10-9-15(3)7-6-8-16(4)17(21)13-18(19)20/h8-9,14,17-18,21-22H,6-7,10-13H2,1-5H3/b15-9+,16-8+/t17-,18+,19-,20+/m0/s1. The van der Waals surface area contributed by atoms with Gasteiger partial charge < -0.3 is 10.2 Å². The van der Waals surface area contributed by atoms with Crippen molar-refractivity contribution in [3.63, 3.8) is 0 Å². The van der Waals surface area contributed by atoms with E-state index in [1.54, 1.807) is 0 Å². The Bertz CT molecular complexity index is 462. The summed E-state index contributed by atoms with van der Waals surface area (Å²) in [5, 5.41) is 21.9. The number of hydrogen-bond donors (Lipinski definition) is 2. The van der Waals surface area contributed by atoms with Crippen LogP contribution in [0.3, 0.4) is 0 Å². The van der Waals surface area contributed by atoms with Gasteiger partial charge in [-0.3, -0.25) is 0 Å². The second-order valence-corrected chi connectivity index (χ2v) is 8.35. The molecule has 2 N–H and O–H groups in total. The lowest BCUT2D eigenvalue weighted by Gasteiger charge is -2.42. The number of aliphatic hydroxyl groups excluding tert-OH is 1. The third-order valence-corrected chi connectivity index (χ3v) is 6.45. The summed E-state index contributed by atoms with van der Waals surface area (Å²) in [7, 11) is 0. The maximum Gasteiger partial charge on any atom is 0.0751 e. The van der Waals surface area contributed by atoms with Crippen LogP contribution in [-0.4, -0.2) is 21.9 Å². The van der Waals surface area contributed by atoms with E-state index in [-0.39, 0.29) is 17.3 Å². The van der Waals surface area contributed by atoms with Crippen LogP contribution in [0.5, 0.6) is 0 Å². The van der Waals surface area contributed by atoms with Crippen molar-refractivity contribution in [2.75, 3.05) is 0 Å². The van der Waals surface area contributed by atoms with Gasteiger partial charge in [0.2, 0.25) is 0 Å². The van der Waals surface area contributed by atoms with Crippen molar-refractivity contribution in [1.82, 2.24) is 0 Å². The molecule has 0 amide bonds. The number of fused-ring (bicyclic) bond motifs is 1. The molecule has 0 radical (unpaired) electrons. The molecule has 1 fully saturated rings. The summed E-state index contributed by atoms with van der Waals surface area (Å²) >= 11 is 0. The molecule has 1 saturated carbocycles. The summed E-state index contributed by atoms with van der Waals surface area (Å²) in [6, 6.07) is 0. The smallest absolute Gasteiger partial charge is 0.0751 e. The Hall–Kier alpha value is -0.600. The third kappa shape index (κ3) is 3.33. The van der Waals surface area contributed by atoms with Crippen LogP contribution >= 0.6 is 0 Å². The Labute approximate surface area is 136 Å². The monoisotopic (exact) mass is 306 g/mol. The Morgan fingerprint density at radius 3 is 2.50 bits per heavy atom. The first-order chi connectivity index (χ1) is 10.2. The number of hydrogen-bond acceptors (Lipinski definition) is 2. The molecule has 0 saturated heterocycles. The Morgan fingerprint density at radius 2 is 1.86 bits per heavy atom. The predicted molar refractivity (Wildman–Crippen MR) is 92.6 cm³/mol. The molecule has 4 atom stereocenters. The van der Waals surface area contributed by atoms with E-state index in [9.17, 15) is 10.2 Å². The van der Waals surface area contributed by atoms with Crippen LogP contribution in [0.4, 0.5) is 0 Å². The summed E-state index contributed by atoms with van der Waals surface area (Å²) in [4.78, 5) is 0. The second kappa shape index (κ2) is 6.49. The highest BCUT2D eigenvalue weighted by molar-refractivity contribution is 5.14. The van der Waals surface area contributed by atoms with E-state index in [1.165, 1.54) is 5.57 Å². The molecule has 2 aliphatic carbocycles. The average Bonchev–Trinajstić information content (AvgIpc) is 2.70. The predicted octanol–water partition coefficient (Wildman–Crippen LogP) is 4.62. The van der Waals surface area contributed by atoms with Crippen LogP contribution in [0, 0.1) is 17.3 Å². The van der Waals surface area contributed by atoms with Gasteiger partial charge in [-0.25, -0.2) is 0 Å². The largest absolute Gasteiger partial charge is 0.389 e. The Kier molecular flexibility index (Phi) is 5.23. The summed E-state index contributed by atoms with van der Waals surface area (Å²) in [6.07, 6.45) is 9.80. The lowest BCUT2D eigenvalue weighted by molar-refractivity contribution is -0.0744. The summed E-state index contributed by atoms with van der Waals surface area (Å²) < 4.78 is 0. The normalized spacial score (nSPS) is 45.5. The molecule has 126 valence electrons. The lowest BCUT2D eigenvalue weighted by atomic mass is 9.67. The number of allylic oxidation sites excluding steroid dienone is 3. The molecule has 0 heterocycles. The highest BCUT2D eigenvalue weighted by Gasteiger charge is 2.54. The quantitative estimate of drug-likeness (QED) is 0.694. The lowest BCUT2D eigenvalue weighted by Crippen LogP contribution is -2.45. The van der Waals surface area contributed by atoms with Crippen LogP contribution in [0.2, 0.25) is 0 Å². The van der Waals surface area contributed by atoms with Gasteiger partial charge in [0, 0.05) is 0 Å². The van der Waals surface area contributed by atoms with Gasteiger partial charge in [0.15, 0.2) is 0 Å². The van der Waals surface area contributed by atoms with E-state index in [0.717, 1.165) is 37.7 Å². The fourth-order valence-corrected chi connectivity index (χ4v) is 4.44. The Morgan fingerprint density at radius 1 is 1.18 bits per heavy atom. The van der Waals surface area contributed by atoms with Gasteiger partial charge in [0.05, 0.1) is 11.7 Å². The number of aliphatic hydroxyl groups is 2. The molecular weight excluding hydrogens is 272 g/mol. The van der Waals surface area contributed by atoms with E-state index in [4.69, 9.17) is 0 Å². The van der Waals surface area contributed by atoms with E-state index < -0.39 is 11.7 Å². The van der Waals surface area contributed by atoms with Crippen molar-refractivity contribution < 1.29 is 10.2 Å². The fraction of sp³-hybridized carbons (Fsp3) is 0.800. The van der Waals surface area contributed by atoms with Crippen molar-refractivity contribution in [2.45, 2.75) is 84.8 Å². The zero-order valence-electron chi connectivity index (χ0n) is 15.0. The molecule has 2 aliphatic rings. The number of rotatable bonds is 1. The van der Waals surface area contributed by atoms with Gasteiger partial charge in [-0.1, -0.05) is 38.5 Å². The van der Waals surface area contributed by atoms with Crippen LogP contribution in [0.25, 0.3) is 0 Å². The highest BCUT2D eigenvalue weighted by atomic mass is 16.3. The minimum Gasteiger partial charge on any atom is -0.389 e. The highest BCUT2D eigenvalue weighted by Crippen LogP contribution is 2.56. The first kappa shape index (κ1) is 17.7. The zero-order valence-corrected chi connectivity index (χ0v) is 15.0. The summed E-state index contributed by atoms with van der Waals surface area (Å²) in [5.74, 6) is 0.381. The molecular formula is C20H34O2. The molecule has 22 heavy (non-hydrogen) atoms. The topological polar surface area (TPSA) is 40.5 Å². The fourth-order valence-electron chi connectivity index (χ4n) is 4.44. The van der Waals surface area contributed by atoms with Gasteiger partial charge >= 0.3 is 0 Å². The van der Waals surface area contributed by atoms with Gasteiger partial charge in [0.1, 0.15) is 0 Å². The Balaban J connectivity index is 2.39. The first-order valence-corrected chi connectivity index (χ1v) is 8.92. The summed E-state index contributed by atoms with van der Waals surface area (Å²) in [5.41, 5.74) is 1.94. The van der Waals surface area contributed by atoms with Crippen LogP contribution < -0.4 is 0 Å². The van der Waals surface area contributed by atoms with Gasteiger partial charge in [-0.2, -0.15) is 0 Å². The van der Waals surface area contributed by atoms with E-state index >= 15 is 0 Å². The van der Waals surface area contributed by atoms with Crippen molar-refractivity contribution >= 4 is 0 Å². The van der Waals surface area contributed by atoms with Crippen LogP contribution in [0.1, 0.15) is 73.1 Å². The maximum atomic E-state index is 11.3. The molecule has 2 nitrogen and oxygen atoms in total. The van der Waals surface area contributed by atoms with E-state index in [1.807, 2.05) is 6.92 Å². The van der Waals surface area contributed by atoms with Gasteiger partial charge in [-0.05, 0) is 75.2 Å². The molecule has 0 aromatic carbocycles. The van der Waals surface area contributed by atoms with Crippen molar-refractivity contribution in [3.8, 4) is 0 Å². The van der Waals surface area contributed by atoms with Crippen molar-refractivity contribution in [2.24, 2.45) is 17.3 Å². The molecule has 0 aliphatic heterocycles. The third-order valence-electron chi connectivity index (χ3n) is 6.45. The zero-order chi connectivity index (χ0) is 16.5.